The first-order valence-corrected chi connectivity index (χ1v) is 5.75. The zero-order valence-electron chi connectivity index (χ0n) is 10.5. The predicted octanol–water partition coefficient (Wildman–Crippen LogP) is 2.59. The molecule has 1 heterocycles. The van der Waals surface area contributed by atoms with Gasteiger partial charge in [0.15, 0.2) is 0 Å². The molecular weight excluding hydrogens is 228 g/mol. The molecule has 0 saturated heterocycles. The van der Waals surface area contributed by atoms with Crippen LogP contribution in [0.5, 0.6) is 0 Å². The number of rotatable bonds is 4. The zero-order chi connectivity index (χ0) is 13.0. The SMILES string of the molecule is CN(C)C(=O)c1cccc(NCc2ccco2)c1. The van der Waals surface area contributed by atoms with E-state index in [4.69, 9.17) is 4.42 Å². The summed E-state index contributed by atoms with van der Waals surface area (Å²) in [5, 5.41) is 3.22. The van der Waals surface area contributed by atoms with Gasteiger partial charge in [-0.3, -0.25) is 4.79 Å². The summed E-state index contributed by atoms with van der Waals surface area (Å²) in [6.45, 7) is 0.604. The summed E-state index contributed by atoms with van der Waals surface area (Å²) in [6, 6.07) is 11.2. The highest BCUT2D eigenvalue weighted by Crippen LogP contribution is 2.13. The Hall–Kier alpha value is -2.23. The van der Waals surface area contributed by atoms with Crippen LogP contribution < -0.4 is 5.32 Å². The predicted molar refractivity (Wildman–Crippen MR) is 70.5 cm³/mol. The third-order valence-corrected chi connectivity index (χ3v) is 2.56. The lowest BCUT2D eigenvalue weighted by molar-refractivity contribution is 0.0827. The molecule has 1 amide bonds. The van der Waals surface area contributed by atoms with Crippen molar-refractivity contribution in [1.82, 2.24) is 4.90 Å². The van der Waals surface area contributed by atoms with E-state index in [0.29, 0.717) is 12.1 Å². The van der Waals surface area contributed by atoms with Crippen molar-refractivity contribution in [2.75, 3.05) is 19.4 Å². The van der Waals surface area contributed by atoms with Gasteiger partial charge in [-0.1, -0.05) is 6.07 Å². The molecule has 0 atom stereocenters. The molecule has 4 heteroatoms. The Balaban J connectivity index is 2.05. The third kappa shape index (κ3) is 2.91. The maximum atomic E-state index is 11.8. The van der Waals surface area contributed by atoms with Crippen molar-refractivity contribution in [1.29, 1.82) is 0 Å². The number of anilines is 1. The number of furan rings is 1. The van der Waals surface area contributed by atoms with Crippen LogP contribution in [-0.2, 0) is 6.54 Å². The molecule has 1 aromatic heterocycles. The Morgan fingerprint density at radius 1 is 1.28 bits per heavy atom. The van der Waals surface area contributed by atoms with Crippen LogP contribution in [0.15, 0.2) is 47.1 Å². The molecule has 0 radical (unpaired) electrons. The summed E-state index contributed by atoms with van der Waals surface area (Å²) in [5.41, 5.74) is 1.57. The quantitative estimate of drug-likeness (QED) is 0.899. The van der Waals surface area contributed by atoms with Crippen LogP contribution in [0, 0.1) is 0 Å². The Bertz CT molecular complexity index is 518. The molecule has 94 valence electrons. The van der Waals surface area contributed by atoms with E-state index in [9.17, 15) is 4.79 Å². The van der Waals surface area contributed by atoms with Gasteiger partial charge in [0, 0.05) is 25.3 Å². The van der Waals surface area contributed by atoms with Gasteiger partial charge >= 0.3 is 0 Å². The van der Waals surface area contributed by atoms with Crippen molar-refractivity contribution >= 4 is 11.6 Å². The molecule has 0 saturated carbocycles. The van der Waals surface area contributed by atoms with Gasteiger partial charge in [0.1, 0.15) is 5.76 Å². The normalized spacial score (nSPS) is 10.1. The summed E-state index contributed by atoms with van der Waals surface area (Å²) < 4.78 is 5.23. The zero-order valence-corrected chi connectivity index (χ0v) is 10.5. The molecule has 0 aliphatic rings. The van der Waals surface area contributed by atoms with Crippen LogP contribution in [0.2, 0.25) is 0 Å². The average Bonchev–Trinajstić information content (AvgIpc) is 2.89. The van der Waals surface area contributed by atoms with Crippen molar-refractivity contribution in [3.8, 4) is 0 Å². The molecular formula is C14H16N2O2. The number of carbonyl (C=O) groups excluding carboxylic acids is 1. The molecule has 2 aromatic rings. The first-order valence-electron chi connectivity index (χ1n) is 5.75. The van der Waals surface area contributed by atoms with E-state index in [1.165, 1.54) is 0 Å². The van der Waals surface area contributed by atoms with Crippen molar-refractivity contribution in [3.63, 3.8) is 0 Å². The smallest absolute Gasteiger partial charge is 0.253 e. The van der Waals surface area contributed by atoms with E-state index >= 15 is 0 Å². The van der Waals surface area contributed by atoms with E-state index in [1.807, 2.05) is 30.3 Å². The summed E-state index contributed by atoms with van der Waals surface area (Å²) in [4.78, 5) is 13.4. The molecule has 2 rings (SSSR count). The van der Waals surface area contributed by atoms with Gasteiger partial charge in [-0.15, -0.1) is 0 Å². The third-order valence-electron chi connectivity index (χ3n) is 2.56. The van der Waals surface area contributed by atoms with Gasteiger partial charge in [-0.2, -0.15) is 0 Å². The van der Waals surface area contributed by atoms with Crippen molar-refractivity contribution in [3.05, 3.63) is 54.0 Å². The molecule has 1 N–H and O–H groups in total. The molecule has 0 fully saturated rings. The van der Waals surface area contributed by atoms with E-state index in [2.05, 4.69) is 5.32 Å². The molecule has 1 aromatic carbocycles. The second kappa shape index (κ2) is 5.40. The van der Waals surface area contributed by atoms with Gasteiger partial charge < -0.3 is 14.6 Å². The van der Waals surface area contributed by atoms with Gasteiger partial charge in [0.25, 0.3) is 5.91 Å². The monoisotopic (exact) mass is 244 g/mol. The van der Waals surface area contributed by atoms with Gasteiger partial charge in [-0.05, 0) is 30.3 Å². The lowest BCUT2D eigenvalue weighted by Gasteiger charge is -2.11. The lowest BCUT2D eigenvalue weighted by atomic mass is 10.2. The van der Waals surface area contributed by atoms with Crippen LogP contribution >= 0.6 is 0 Å². The van der Waals surface area contributed by atoms with E-state index < -0.39 is 0 Å². The number of nitrogens with zero attached hydrogens (tertiary/aromatic N) is 1. The fourth-order valence-corrected chi connectivity index (χ4v) is 1.62. The summed E-state index contributed by atoms with van der Waals surface area (Å²) in [5.74, 6) is 0.857. The summed E-state index contributed by atoms with van der Waals surface area (Å²) in [6.07, 6.45) is 1.64. The molecule has 18 heavy (non-hydrogen) atoms. The maximum Gasteiger partial charge on any atom is 0.253 e. The maximum absolute atomic E-state index is 11.8. The fourth-order valence-electron chi connectivity index (χ4n) is 1.62. The Labute approximate surface area is 106 Å². The largest absolute Gasteiger partial charge is 0.467 e. The number of carbonyl (C=O) groups is 1. The van der Waals surface area contributed by atoms with Crippen LogP contribution in [0.3, 0.4) is 0 Å². The first-order chi connectivity index (χ1) is 8.66. The molecule has 4 nitrogen and oxygen atoms in total. The molecule has 0 aliphatic heterocycles. The topological polar surface area (TPSA) is 45.5 Å². The highest BCUT2D eigenvalue weighted by molar-refractivity contribution is 5.94. The fraction of sp³-hybridized carbons (Fsp3) is 0.214. The second-order valence-corrected chi connectivity index (χ2v) is 4.21. The highest BCUT2D eigenvalue weighted by Gasteiger charge is 2.07. The van der Waals surface area contributed by atoms with E-state index in [1.54, 1.807) is 31.3 Å². The lowest BCUT2D eigenvalue weighted by Crippen LogP contribution is -2.21. The van der Waals surface area contributed by atoms with Gasteiger partial charge in [-0.25, -0.2) is 0 Å². The number of hydrogen-bond donors (Lipinski definition) is 1. The van der Waals surface area contributed by atoms with E-state index in [0.717, 1.165) is 11.4 Å². The standard InChI is InChI=1S/C14H16N2O2/c1-16(2)14(17)11-5-3-6-12(9-11)15-10-13-7-4-8-18-13/h3-9,15H,10H2,1-2H3. The second-order valence-electron chi connectivity index (χ2n) is 4.21. The van der Waals surface area contributed by atoms with Gasteiger partial charge in [0.05, 0.1) is 12.8 Å². The van der Waals surface area contributed by atoms with Crippen LogP contribution in [-0.4, -0.2) is 24.9 Å². The van der Waals surface area contributed by atoms with Crippen molar-refractivity contribution < 1.29 is 9.21 Å². The minimum atomic E-state index is -0.00310. The molecule has 0 aliphatic carbocycles. The van der Waals surface area contributed by atoms with E-state index in [-0.39, 0.29) is 5.91 Å². The number of benzene rings is 1. The minimum Gasteiger partial charge on any atom is -0.467 e. The Morgan fingerprint density at radius 3 is 2.78 bits per heavy atom. The van der Waals surface area contributed by atoms with Gasteiger partial charge in [0.2, 0.25) is 0 Å². The van der Waals surface area contributed by atoms with Crippen molar-refractivity contribution in [2.45, 2.75) is 6.54 Å². The number of amides is 1. The molecule has 0 spiro atoms. The van der Waals surface area contributed by atoms with Crippen LogP contribution in [0.4, 0.5) is 5.69 Å². The summed E-state index contributed by atoms with van der Waals surface area (Å²) >= 11 is 0. The van der Waals surface area contributed by atoms with Crippen molar-refractivity contribution in [2.24, 2.45) is 0 Å². The number of hydrogen-bond acceptors (Lipinski definition) is 3. The number of nitrogens with one attached hydrogen (secondary N) is 1. The highest BCUT2D eigenvalue weighted by atomic mass is 16.3. The molecule has 0 bridgehead atoms. The van der Waals surface area contributed by atoms with Crippen LogP contribution in [0.1, 0.15) is 16.1 Å². The van der Waals surface area contributed by atoms with Crippen LogP contribution in [0.25, 0.3) is 0 Å². The Kier molecular flexibility index (Phi) is 3.67. The summed E-state index contributed by atoms with van der Waals surface area (Å²) in [7, 11) is 3.48. The Morgan fingerprint density at radius 2 is 2.11 bits per heavy atom. The average molecular weight is 244 g/mol. The minimum absolute atomic E-state index is 0.00310. The molecule has 0 unspecified atom stereocenters. The first kappa shape index (κ1) is 12.2.